The normalized spacial score (nSPS) is 21.0. The van der Waals surface area contributed by atoms with E-state index < -0.39 is 0 Å². The van der Waals surface area contributed by atoms with Gasteiger partial charge < -0.3 is 10.1 Å². The van der Waals surface area contributed by atoms with E-state index in [1.807, 2.05) is 18.2 Å². The molecule has 1 aliphatic carbocycles. The van der Waals surface area contributed by atoms with Crippen molar-refractivity contribution in [3.05, 3.63) is 53.9 Å². The summed E-state index contributed by atoms with van der Waals surface area (Å²) in [6, 6.07) is 10.3. The molecule has 5 nitrogen and oxygen atoms in total. The Bertz CT molecular complexity index is 590. The summed E-state index contributed by atoms with van der Waals surface area (Å²) in [5, 5.41) is 9.43. The number of aromatic nitrogens is 2. The van der Waals surface area contributed by atoms with Gasteiger partial charge in [-0.25, -0.2) is 0 Å². The highest BCUT2D eigenvalue weighted by atomic mass is 16.5. The maximum absolute atomic E-state index is 11.9. The van der Waals surface area contributed by atoms with Crippen molar-refractivity contribution >= 4 is 5.91 Å². The predicted molar refractivity (Wildman–Crippen MR) is 87.9 cm³/mol. The summed E-state index contributed by atoms with van der Waals surface area (Å²) in [6.45, 7) is 1.42. The number of H-pyrrole nitrogens is 1. The van der Waals surface area contributed by atoms with E-state index in [4.69, 9.17) is 4.74 Å². The Morgan fingerprint density at radius 3 is 2.70 bits per heavy atom. The molecule has 2 aromatic rings. The van der Waals surface area contributed by atoms with Gasteiger partial charge in [0.05, 0.1) is 24.5 Å². The van der Waals surface area contributed by atoms with Crippen LogP contribution in [-0.4, -0.2) is 28.8 Å². The quantitative estimate of drug-likeness (QED) is 0.861. The molecule has 0 spiro atoms. The van der Waals surface area contributed by atoms with E-state index >= 15 is 0 Å². The van der Waals surface area contributed by atoms with Crippen molar-refractivity contribution in [1.29, 1.82) is 0 Å². The monoisotopic (exact) mass is 313 g/mol. The van der Waals surface area contributed by atoms with Gasteiger partial charge in [0.2, 0.25) is 0 Å². The Kier molecular flexibility index (Phi) is 5.42. The lowest BCUT2D eigenvalue weighted by atomic mass is 9.87. The summed E-state index contributed by atoms with van der Waals surface area (Å²) in [6.07, 6.45) is 7.85. The molecule has 0 atom stereocenters. The van der Waals surface area contributed by atoms with Crippen LogP contribution in [0.4, 0.5) is 0 Å². The summed E-state index contributed by atoms with van der Waals surface area (Å²) in [5.41, 5.74) is 1.81. The maximum atomic E-state index is 11.9. The van der Waals surface area contributed by atoms with Crippen LogP contribution in [0, 0.1) is 5.92 Å². The maximum Gasteiger partial charge on any atom is 0.254 e. The van der Waals surface area contributed by atoms with E-state index in [9.17, 15) is 4.79 Å². The van der Waals surface area contributed by atoms with Crippen LogP contribution in [-0.2, 0) is 11.3 Å². The van der Waals surface area contributed by atoms with E-state index in [0.717, 1.165) is 32.2 Å². The Morgan fingerprint density at radius 1 is 1.22 bits per heavy atom. The van der Waals surface area contributed by atoms with Crippen molar-refractivity contribution in [3.63, 3.8) is 0 Å². The van der Waals surface area contributed by atoms with Gasteiger partial charge in [-0.1, -0.05) is 30.3 Å². The Hall–Kier alpha value is -2.14. The third-order valence-electron chi connectivity index (χ3n) is 4.43. The minimum atomic E-state index is -0.0544. The van der Waals surface area contributed by atoms with Gasteiger partial charge >= 0.3 is 0 Å². The van der Waals surface area contributed by atoms with Crippen molar-refractivity contribution in [2.45, 2.75) is 38.4 Å². The molecule has 1 heterocycles. The van der Waals surface area contributed by atoms with E-state index in [1.165, 1.54) is 5.56 Å². The fraction of sp³-hybridized carbons (Fsp3) is 0.444. The molecule has 2 N–H and O–H groups in total. The van der Waals surface area contributed by atoms with Crippen molar-refractivity contribution in [2.24, 2.45) is 5.92 Å². The number of carbonyl (C=O) groups is 1. The molecule has 0 bridgehead atoms. The van der Waals surface area contributed by atoms with Crippen LogP contribution in [0.5, 0.6) is 0 Å². The first-order chi connectivity index (χ1) is 11.3. The third kappa shape index (κ3) is 4.66. The second-order valence-electron chi connectivity index (χ2n) is 6.14. The Balaban J connectivity index is 1.34. The van der Waals surface area contributed by atoms with E-state index in [-0.39, 0.29) is 5.91 Å². The van der Waals surface area contributed by atoms with Crippen molar-refractivity contribution in [3.8, 4) is 0 Å². The Labute approximate surface area is 136 Å². The number of benzene rings is 1. The summed E-state index contributed by atoms with van der Waals surface area (Å²) < 4.78 is 6.00. The van der Waals surface area contributed by atoms with Crippen LogP contribution < -0.4 is 5.32 Å². The zero-order valence-corrected chi connectivity index (χ0v) is 13.2. The summed E-state index contributed by atoms with van der Waals surface area (Å²) in [7, 11) is 0. The van der Waals surface area contributed by atoms with Crippen LogP contribution in [0.15, 0.2) is 42.7 Å². The molecule has 23 heavy (non-hydrogen) atoms. The van der Waals surface area contributed by atoms with Gasteiger partial charge in [0.1, 0.15) is 0 Å². The van der Waals surface area contributed by atoms with Crippen molar-refractivity contribution in [1.82, 2.24) is 15.5 Å². The molecule has 0 aliphatic heterocycles. The van der Waals surface area contributed by atoms with Gasteiger partial charge in [0.25, 0.3) is 5.91 Å². The highest BCUT2D eigenvalue weighted by molar-refractivity contribution is 5.93. The summed E-state index contributed by atoms with van der Waals surface area (Å²) >= 11 is 0. The second kappa shape index (κ2) is 7.92. The average Bonchev–Trinajstić information content (AvgIpc) is 3.14. The van der Waals surface area contributed by atoms with Gasteiger partial charge in [0.15, 0.2) is 0 Å². The molecule has 1 saturated carbocycles. The van der Waals surface area contributed by atoms with Gasteiger partial charge in [-0.3, -0.25) is 9.89 Å². The molecule has 1 aromatic carbocycles. The first kappa shape index (κ1) is 15.7. The predicted octanol–water partition coefficient (Wildman–Crippen LogP) is 2.92. The smallest absolute Gasteiger partial charge is 0.254 e. The zero-order chi connectivity index (χ0) is 15.9. The van der Waals surface area contributed by atoms with Crippen LogP contribution in [0.2, 0.25) is 0 Å². The standard InChI is InChI=1S/C18H23N3O2/c22-18(16-11-20-21-12-16)19-10-14-6-8-17(9-7-14)23-13-15-4-2-1-3-5-15/h1-5,11-12,14,17H,6-10,13H2,(H,19,22)(H,20,21). The zero-order valence-electron chi connectivity index (χ0n) is 13.2. The lowest BCUT2D eigenvalue weighted by Gasteiger charge is -2.28. The number of hydrogen-bond donors (Lipinski definition) is 2. The van der Waals surface area contributed by atoms with E-state index in [2.05, 4.69) is 27.6 Å². The highest BCUT2D eigenvalue weighted by Crippen LogP contribution is 2.26. The number of rotatable bonds is 6. The van der Waals surface area contributed by atoms with Crippen molar-refractivity contribution < 1.29 is 9.53 Å². The van der Waals surface area contributed by atoms with E-state index in [0.29, 0.717) is 24.2 Å². The molecule has 122 valence electrons. The van der Waals surface area contributed by atoms with Gasteiger partial charge in [-0.05, 0) is 37.2 Å². The number of aromatic amines is 1. The van der Waals surface area contributed by atoms with Gasteiger partial charge in [-0.15, -0.1) is 0 Å². The molecule has 5 heteroatoms. The molecule has 1 amide bonds. The molecule has 0 unspecified atom stereocenters. The van der Waals surface area contributed by atoms with Crippen LogP contribution in [0.3, 0.4) is 0 Å². The van der Waals surface area contributed by atoms with Crippen LogP contribution in [0.25, 0.3) is 0 Å². The SMILES string of the molecule is O=C(NCC1CCC(OCc2ccccc2)CC1)c1cn[nH]c1. The number of nitrogens with zero attached hydrogens (tertiary/aromatic N) is 1. The van der Waals surface area contributed by atoms with Crippen LogP contribution in [0.1, 0.15) is 41.6 Å². The topological polar surface area (TPSA) is 67.0 Å². The lowest BCUT2D eigenvalue weighted by molar-refractivity contribution is 0.00731. The minimum absolute atomic E-state index is 0.0544. The first-order valence-corrected chi connectivity index (χ1v) is 8.24. The molecule has 1 fully saturated rings. The Morgan fingerprint density at radius 2 is 2.00 bits per heavy atom. The lowest BCUT2D eigenvalue weighted by Crippen LogP contribution is -2.32. The minimum Gasteiger partial charge on any atom is -0.374 e. The number of hydrogen-bond acceptors (Lipinski definition) is 3. The molecule has 1 aromatic heterocycles. The van der Waals surface area contributed by atoms with Gasteiger partial charge in [0, 0.05) is 12.7 Å². The van der Waals surface area contributed by atoms with E-state index in [1.54, 1.807) is 12.4 Å². The number of ether oxygens (including phenoxy) is 1. The van der Waals surface area contributed by atoms with Crippen LogP contribution >= 0.6 is 0 Å². The molecular weight excluding hydrogens is 290 g/mol. The number of carbonyl (C=O) groups excluding carboxylic acids is 1. The molecule has 0 radical (unpaired) electrons. The molecule has 0 saturated heterocycles. The second-order valence-corrected chi connectivity index (χ2v) is 6.14. The third-order valence-corrected chi connectivity index (χ3v) is 4.43. The average molecular weight is 313 g/mol. The summed E-state index contributed by atoms with van der Waals surface area (Å²) in [4.78, 5) is 11.9. The fourth-order valence-corrected chi connectivity index (χ4v) is 3.01. The molecular formula is C18H23N3O2. The highest BCUT2D eigenvalue weighted by Gasteiger charge is 2.22. The number of nitrogens with one attached hydrogen (secondary N) is 2. The molecule has 1 aliphatic rings. The molecule has 3 rings (SSSR count). The first-order valence-electron chi connectivity index (χ1n) is 8.24. The van der Waals surface area contributed by atoms with Crippen molar-refractivity contribution in [2.75, 3.05) is 6.54 Å². The summed E-state index contributed by atoms with van der Waals surface area (Å²) in [5.74, 6) is 0.489. The van der Waals surface area contributed by atoms with Gasteiger partial charge in [-0.2, -0.15) is 5.10 Å². The number of amides is 1. The largest absolute Gasteiger partial charge is 0.374 e. The fourth-order valence-electron chi connectivity index (χ4n) is 3.01.